The molecule has 1 aromatic heterocycles. The third-order valence-electron chi connectivity index (χ3n) is 1.78. The first kappa shape index (κ1) is 8.49. The predicted octanol–water partition coefficient (Wildman–Crippen LogP) is 0.0625. The van der Waals surface area contributed by atoms with Gasteiger partial charge in [0.1, 0.15) is 5.75 Å². The zero-order chi connectivity index (χ0) is 9.97. The molecule has 0 aliphatic heterocycles. The highest BCUT2D eigenvalue weighted by Gasteiger charge is 2.03. The topological polar surface area (TPSA) is 78.9 Å². The summed E-state index contributed by atoms with van der Waals surface area (Å²) in [5.41, 5.74) is 0.850. The molecule has 1 aromatic carbocycles. The van der Waals surface area contributed by atoms with E-state index >= 15 is 0 Å². The van der Waals surface area contributed by atoms with Crippen molar-refractivity contribution < 1.29 is 4.74 Å². The van der Waals surface area contributed by atoms with Gasteiger partial charge in [-0.15, -0.1) is 10.2 Å². The number of ether oxygens (including phenoxy) is 1. The Labute approximate surface area is 80.3 Å². The number of hydrogen-bond donors (Lipinski definition) is 1. The maximum absolute atomic E-state index is 5.28. The second kappa shape index (κ2) is 3.33. The zero-order valence-corrected chi connectivity index (χ0v) is 7.58. The normalized spacial score (nSPS) is 10.1. The first-order chi connectivity index (χ1) is 6.79. The van der Waals surface area contributed by atoms with Crippen molar-refractivity contribution in [2.45, 2.75) is 0 Å². The first-order valence-electron chi connectivity index (χ1n) is 3.99. The molecule has 72 valence electrons. The van der Waals surface area contributed by atoms with Crippen molar-refractivity contribution in [1.82, 2.24) is 20.3 Å². The third kappa shape index (κ3) is 1.49. The number of hydrogen-bond acceptors (Lipinski definition) is 5. The quantitative estimate of drug-likeness (QED) is 0.679. The van der Waals surface area contributed by atoms with E-state index in [2.05, 4.69) is 15.4 Å². The number of rotatable bonds is 2. The van der Waals surface area contributed by atoms with Gasteiger partial charge in [-0.1, -0.05) is 4.91 Å². The van der Waals surface area contributed by atoms with Crippen molar-refractivity contribution in [2.24, 2.45) is 0 Å². The molecule has 0 atom stereocenters. The number of tetrazole rings is 1. The lowest BCUT2D eigenvalue weighted by molar-refractivity contribution is 0.415. The molecule has 0 radical (unpaired) electrons. The van der Waals surface area contributed by atoms with E-state index in [1.54, 1.807) is 7.11 Å². The molecule has 0 amide bonds. The lowest BCUT2D eigenvalue weighted by atomic mass is 10.2. The molecule has 2 aromatic rings. The van der Waals surface area contributed by atoms with E-state index in [9.17, 15) is 0 Å². The van der Waals surface area contributed by atoms with Crippen LogP contribution in [0.5, 0.6) is 5.75 Å². The summed E-state index contributed by atoms with van der Waals surface area (Å²) in [5, 5.41) is 11.2. The average molecular weight is 191 g/mol. The smallest absolute Gasteiger partial charge is 0.207 e. The molecule has 14 heavy (non-hydrogen) atoms. The van der Waals surface area contributed by atoms with Crippen molar-refractivity contribution in [3.8, 4) is 17.1 Å². The highest BCUT2D eigenvalue weighted by atomic mass is 16.5. The molecule has 1 heterocycles. The summed E-state index contributed by atoms with van der Waals surface area (Å²) in [6.07, 6.45) is 0. The van der Waals surface area contributed by atoms with Crippen LogP contribution in [0.1, 0.15) is 0 Å². The molecule has 0 saturated heterocycles. The molecule has 0 aliphatic rings. The van der Waals surface area contributed by atoms with E-state index < -0.39 is 0 Å². The van der Waals surface area contributed by atoms with Crippen LogP contribution in [-0.4, -0.2) is 27.4 Å². The molecule has 0 bridgehead atoms. The van der Waals surface area contributed by atoms with Gasteiger partial charge in [-0.2, -0.15) is 0 Å². The molecule has 0 unspecified atom stereocenters. The van der Waals surface area contributed by atoms with E-state index in [-0.39, 0.29) is 0 Å². The van der Waals surface area contributed by atoms with Crippen LogP contribution < -0.4 is 10.6 Å². The fourth-order valence-electron chi connectivity index (χ4n) is 1.08. The lowest BCUT2D eigenvalue weighted by Crippen LogP contribution is -2.11. The number of benzene rings is 1. The average Bonchev–Trinajstić information content (AvgIpc) is 2.65. The van der Waals surface area contributed by atoms with Gasteiger partial charge in [-0.3, -0.25) is 0 Å². The first-order valence-corrected chi connectivity index (χ1v) is 3.99. The minimum atomic E-state index is 0.496. The van der Waals surface area contributed by atoms with Gasteiger partial charge in [0, 0.05) is 5.56 Å². The van der Waals surface area contributed by atoms with Crippen molar-refractivity contribution in [3.63, 3.8) is 0 Å². The number of methoxy groups -OCH3 is 1. The molecule has 6 nitrogen and oxygen atoms in total. The highest BCUT2D eigenvalue weighted by Crippen LogP contribution is 2.17. The fourth-order valence-corrected chi connectivity index (χ4v) is 1.08. The summed E-state index contributed by atoms with van der Waals surface area (Å²) in [7, 11) is 1.61. The Balaban J connectivity index is 2.33. The Morgan fingerprint density at radius 1 is 1.29 bits per heavy atom. The molecule has 0 aliphatic carbocycles. The van der Waals surface area contributed by atoms with E-state index in [0.717, 1.165) is 16.2 Å². The van der Waals surface area contributed by atoms with Crippen LogP contribution in [0.3, 0.4) is 0 Å². The number of aromatic nitrogens is 4. The van der Waals surface area contributed by atoms with Crippen LogP contribution in [0.15, 0.2) is 24.3 Å². The number of nitrogens with zero attached hydrogens (tertiary/aromatic N) is 4. The molecular formula is C8H9N5O. The van der Waals surface area contributed by atoms with Gasteiger partial charge in [0.05, 0.1) is 7.11 Å². The van der Waals surface area contributed by atoms with Crippen LogP contribution >= 0.6 is 0 Å². The Bertz CT molecular complexity index is 422. The van der Waals surface area contributed by atoms with Crippen molar-refractivity contribution in [1.29, 1.82) is 0 Å². The number of nitrogen functional groups attached to an aromatic ring is 1. The minimum absolute atomic E-state index is 0.496. The van der Waals surface area contributed by atoms with Crippen LogP contribution in [0, 0.1) is 0 Å². The van der Waals surface area contributed by atoms with Crippen LogP contribution in [-0.2, 0) is 0 Å². The zero-order valence-electron chi connectivity index (χ0n) is 7.58. The van der Waals surface area contributed by atoms with E-state index in [0.29, 0.717) is 5.82 Å². The van der Waals surface area contributed by atoms with Crippen LogP contribution in [0.2, 0.25) is 0 Å². The maximum atomic E-state index is 5.28. The Hall–Kier alpha value is -2.11. The molecule has 0 fully saturated rings. The molecule has 0 spiro atoms. The molecule has 6 heteroatoms. The van der Waals surface area contributed by atoms with Crippen molar-refractivity contribution in [3.05, 3.63) is 24.3 Å². The van der Waals surface area contributed by atoms with E-state index in [1.165, 1.54) is 0 Å². The van der Waals surface area contributed by atoms with E-state index in [4.69, 9.17) is 10.6 Å². The SMILES string of the molecule is COc1ccc(-c2nnn(N)n2)cc1. The molecule has 2 N–H and O–H groups in total. The van der Waals surface area contributed by atoms with Gasteiger partial charge < -0.3 is 10.6 Å². The maximum Gasteiger partial charge on any atom is 0.207 e. The molecular weight excluding hydrogens is 182 g/mol. The summed E-state index contributed by atoms with van der Waals surface area (Å²) in [5.74, 6) is 6.56. The van der Waals surface area contributed by atoms with Gasteiger partial charge in [0.25, 0.3) is 0 Å². The Morgan fingerprint density at radius 2 is 2.00 bits per heavy atom. The Morgan fingerprint density at radius 3 is 2.50 bits per heavy atom. The standard InChI is InChI=1S/C8H9N5O/c1-14-7-4-2-6(3-5-7)8-10-12-13(9)11-8/h2-5H,9H2,1H3. The van der Waals surface area contributed by atoms with Crippen molar-refractivity contribution >= 4 is 0 Å². The van der Waals surface area contributed by atoms with Gasteiger partial charge in [-0.05, 0) is 29.5 Å². The van der Waals surface area contributed by atoms with Crippen LogP contribution in [0.25, 0.3) is 11.4 Å². The van der Waals surface area contributed by atoms with Gasteiger partial charge in [0.2, 0.25) is 5.82 Å². The summed E-state index contributed by atoms with van der Waals surface area (Å²) >= 11 is 0. The molecule has 0 saturated carbocycles. The Kier molecular flexibility index (Phi) is 2.02. The van der Waals surface area contributed by atoms with Gasteiger partial charge in [-0.25, -0.2) is 0 Å². The summed E-state index contributed by atoms with van der Waals surface area (Å²) in [4.78, 5) is 0.930. The van der Waals surface area contributed by atoms with Crippen LogP contribution in [0.4, 0.5) is 0 Å². The fraction of sp³-hybridized carbons (Fsp3) is 0.125. The second-order valence-corrected chi connectivity index (χ2v) is 2.66. The number of nitrogens with two attached hydrogens (primary N) is 1. The lowest BCUT2D eigenvalue weighted by Gasteiger charge is -1.98. The largest absolute Gasteiger partial charge is 0.497 e. The third-order valence-corrected chi connectivity index (χ3v) is 1.78. The van der Waals surface area contributed by atoms with Gasteiger partial charge >= 0.3 is 0 Å². The van der Waals surface area contributed by atoms with Crippen molar-refractivity contribution in [2.75, 3.05) is 13.0 Å². The summed E-state index contributed by atoms with van der Waals surface area (Å²) in [6, 6.07) is 7.34. The summed E-state index contributed by atoms with van der Waals surface area (Å²) < 4.78 is 5.02. The second-order valence-electron chi connectivity index (χ2n) is 2.66. The predicted molar refractivity (Wildman–Crippen MR) is 50.0 cm³/mol. The minimum Gasteiger partial charge on any atom is -0.497 e. The molecule has 2 rings (SSSR count). The highest BCUT2D eigenvalue weighted by molar-refractivity contribution is 5.54. The van der Waals surface area contributed by atoms with E-state index in [1.807, 2.05) is 24.3 Å². The summed E-state index contributed by atoms with van der Waals surface area (Å²) in [6.45, 7) is 0. The monoisotopic (exact) mass is 191 g/mol. The van der Waals surface area contributed by atoms with Gasteiger partial charge in [0.15, 0.2) is 0 Å².